The van der Waals surface area contributed by atoms with Crippen molar-refractivity contribution < 1.29 is 0 Å². The molecule has 8 nitrogen and oxygen atoms in total. The maximum Gasteiger partial charge on any atom is 0.244 e. The van der Waals surface area contributed by atoms with Gasteiger partial charge in [0.15, 0.2) is 5.82 Å². The lowest BCUT2D eigenvalue weighted by Crippen LogP contribution is -2.47. The second-order valence-corrected chi connectivity index (χ2v) is 5.79. The van der Waals surface area contributed by atoms with Crippen molar-refractivity contribution in [2.75, 3.05) is 47.8 Å². The quantitative estimate of drug-likeness (QED) is 0.767. The van der Waals surface area contributed by atoms with E-state index in [-0.39, 0.29) is 0 Å². The molecule has 3 rings (SSSR count). The Bertz CT molecular complexity index is 612. The van der Waals surface area contributed by atoms with Crippen molar-refractivity contribution in [3.63, 3.8) is 0 Å². The van der Waals surface area contributed by atoms with Gasteiger partial charge in [0.25, 0.3) is 0 Å². The molecule has 1 N–H and O–H groups in total. The van der Waals surface area contributed by atoms with E-state index in [1.165, 1.54) is 12.8 Å². The van der Waals surface area contributed by atoms with Crippen LogP contribution in [0.25, 0.3) is 0 Å². The summed E-state index contributed by atoms with van der Waals surface area (Å²) in [7, 11) is 0. The van der Waals surface area contributed by atoms with Gasteiger partial charge in [-0.15, -0.1) is 5.10 Å². The number of hydrogen-bond donors (Lipinski definition) is 1. The molecule has 24 heavy (non-hydrogen) atoms. The molecule has 1 saturated heterocycles. The molecule has 3 heterocycles. The number of hydrogen-bond acceptors (Lipinski definition) is 8. The van der Waals surface area contributed by atoms with Gasteiger partial charge in [0.1, 0.15) is 0 Å². The summed E-state index contributed by atoms with van der Waals surface area (Å²) in [4.78, 5) is 17.6. The average Bonchev–Trinajstić information content (AvgIpc) is 2.66. The Morgan fingerprint density at radius 3 is 2.54 bits per heavy atom. The first kappa shape index (κ1) is 16.4. The zero-order chi connectivity index (χ0) is 16.6. The molecule has 128 valence electrons. The number of nitrogens with one attached hydrogen (secondary N) is 1. The van der Waals surface area contributed by atoms with Gasteiger partial charge >= 0.3 is 0 Å². The maximum absolute atomic E-state index is 4.58. The zero-order valence-electron chi connectivity index (χ0n) is 14.1. The van der Waals surface area contributed by atoms with Gasteiger partial charge in [-0.25, -0.2) is 9.97 Å². The van der Waals surface area contributed by atoms with E-state index in [1.807, 2.05) is 6.07 Å². The SMILES string of the molecule is CCCCCNc1nncc(N2CCN(c3ncccn3)CC2)n1. The van der Waals surface area contributed by atoms with Crippen molar-refractivity contribution in [3.8, 4) is 0 Å². The minimum absolute atomic E-state index is 0.609. The van der Waals surface area contributed by atoms with Gasteiger partial charge in [0.2, 0.25) is 11.9 Å². The Balaban J connectivity index is 1.54. The second kappa shape index (κ2) is 8.37. The highest BCUT2D eigenvalue weighted by molar-refractivity contribution is 5.43. The van der Waals surface area contributed by atoms with Crippen molar-refractivity contribution in [2.45, 2.75) is 26.2 Å². The van der Waals surface area contributed by atoms with E-state index >= 15 is 0 Å². The summed E-state index contributed by atoms with van der Waals surface area (Å²) in [6.07, 6.45) is 8.82. The van der Waals surface area contributed by atoms with E-state index in [0.29, 0.717) is 5.95 Å². The highest BCUT2D eigenvalue weighted by Crippen LogP contribution is 2.16. The van der Waals surface area contributed by atoms with Crippen molar-refractivity contribution in [2.24, 2.45) is 0 Å². The fourth-order valence-corrected chi connectivity index (χ4v) is 2.69. The average molecular weight is 328 g/mol. The van der Waals surface area contributed by atoms with Crippen LogP contribution >= 0.6 is 0 Å². The van der Waals surface area contributed by atoms with Crippen molar-refractivity contribution >= 4 is 17.7 Å². The Hall–Kier alpha value is -2.51. The van der Waals surface area contributed by atoms with Crippen LogP contribution in [0.3, 0.4) is 0 Å². The van der Waals surface area contributed by atoms with E-state index in [1.54, 1.807) is 18.6 Å². The predicted molar refractivity (Wildman–Crippen MR) is 94.3 cm³/mol. The molecule has 0 amide bonds. The summed E-state index contributed by atoms with van der Waals surface area (Å²) < 4.78 is 0. The third-order valence-corrected chi connectivity index (χ3v) is 4.05. The molecule has 1 aliphatic heterocycles. The summed E-state index contributed by atoms with van der Waals surface area (Å²) in [5, 5.41) is 11.4. The number of piperazine rings is 1. The Morgan fingerprint density at radius 2 is 1.79 bits per heavy atom. The third kappa shape index (κ3) is 4.27. The second-order valence-electron chi connectivity index (χ2n) is 5.79. The lowest BCUT2D eigenvalue weighted by Gasteiger charge is -2.35. The molecule has 0 unspecified atom stereocenters. The van der Waals surface area contributed by atoms with Gasteiger partial charge in [0, 0.05) is 45.1 Å². The van der Waals surface area contributed by atoms with Crippen LogP contribution in [-0.4, -0.2) is 57.9 Å². The first-order valence-electron chi connectivity index (χ1n) is 8.57. The Kier molecular flexibility index (Phi) is 5.70. The van der Waals surface area contributed by atoms with Crippen molar-refractivity contribution in [1.82, 2.24) is 25.1 Å². The molecule has 0 spiro atoms. The van der Waals surface area contributed by atoms with Gasteiger partial charge in [-0.3, -0.25) is 0 Å². The number of rotatable bonds is 7. The van der Waals surface area contributed by atoms with Crippen LogP contribution in [-0.2, 0) is 0 Å². The zero-order valence-corrected chi connectivity index (χ0v) is 14.1. The molecule has 1 fully saturated rings. The lowest BCUT2D eigenvalue weighted by atomic mass is 10.2. The van der Waals surface area contributed by atoms with Crippen LogP contribution in [0.1, 0.15) is 26.2 Å². The maximum atomic E-state index is 4.58. The summed E-state index contributed by atoms with van der Waals surface area (Å²) in [6, 6.07) is 1.83. The molecule has 0 bridgehead atoms. The molecule has 0 radical (unpaired) electrons. The topological polar surface area (TPSA) is 83.0 Å². The monoisotopic (exact) mass is 328 g/mol. The smallest absolute Gasteiger partial charge is 0.244 e. The van der Waals surface area contributed by atoms with Crippen LogP contribution in [0, 0.1) is 0 Å². The fourth-order valence-electron chi connectivity index (χ4n) is 2.69. The highest BCUT2D eigenvalue weighted by atomic mass is 15.4. The van der Waals surface area contributed by atoms with Gasteiger partial charge in [-0.05, 0) is 12.5 Å². The molecule has 0 aliphatic carbocycles. The molecule has 0 saturated carbocycles. The van der Waals surface area contributed by atoms with E-state index in [9.17, 15) is 0 Å². The molecule has 2 aromatic heterocycles. The summed E-state index contributed by atoms with van der Waals surface area (Å²) >= 11 is 0. The van der Waals surface area contributed by atoms with Gasteiger partial charge in [0.05, 0.1) is 6.20 Å². The fraction of sp³-hybridized carbons (Fsp3) is 0.562. The minimum atomic E-state index is 0.609. The first-order valence-corrected chi connectivity index (χ1v) is 8.57. The predicted octanol–water partition coefficient (Wildman–Crippen LogP) is 1.59. The highest BCUT2D eigenvalue weighted by Gasteiger charge is 2.20. The standard InChI is InChI=1S/C16H24N8/c1-2-3-4-6-17-15-21-14(13-20-22-15)23-9-11-24(12-10-23)16-18-7-5-8-19-16/h5,7-8,13H,2-4,6,9-12H2,1H3,(H,17,21,22). The van der Waals surface area contributed by atoms with Crippen LogP contribution in [0.5, 0.6) is 0 Å². The minimum Gasteiger partial charge on any atom is -0.353 e. The van der Waals surface area contributed by atoms with Crippen LogP contribution in [0.2, 0.25) is 0 Å². The third-order valence-electron chi connectivity index (χ3n) is 4.05. The van der Waals surface area contributed by atoms with E-state index < -0.39 is 0 Å². The first-order chi connectivity index (χ1) is 11.9. The molecular formula is C16H24N8. The van der Waals surface area contributed by atoms with Crippen LogP contribution in [0.15, 0.2) is 24.7 Å². The van der Waals surface area contributed by atoms with Gasteiger partial charge < -0.3 is 15.1 Å². The number of anilines is 3. The number of unbranched alkanes of at least 4 members (excludes halogenated alkanes) is 2. The number of nitrogens with zero attached hydrogens (tertiary/aromatic N) is 7. The summed E-state index contributed by atoms with van der Waals surface area (Å²) in [6.45, 7) is 6.55. The molecule has 1 aliphatic rings. The van der Waals surface area contributed by atoms with Gasteiger partial charge in [-0.1, -0.05) is 19.8 Å². The van der Waals surface area contributed by atoms with Crippen molar-refractivity contribution in [1.29, 1.82) is 0 Å². The Labute approximate surface area is 142 Å². The number of aromatic nitrogens is 5. The molecule has 0 atom stereocenters. The van der Waals surface area contributed by atoms with Crippen molar-refractivity contribution in [3.05, 3.63) is 24.7 Å². The molecular weight excluding hydrogens is 304 g/mol. The van der Waals surface area contributed by atoms with Gasteiger partial charge in [-0.2, -0.15) is 10.1 Å². The summed E-state index contributed by atoms with van der Waals surface area (Å²) in [5.41, 5.74) is 0. The molecule has 0 aromatic carbocycles. The largest absolute Gasteiger partial charge is 0.353 e. The lowest BCUT2D eigenvalue weighted by molar-refractivity contribution is 0.632. The normalized spacial score (nSPS) is 14.7. The van der Waals surface area contributed by atoms with Crippen LogP contribution < -0.4 is 15.1 Å². The van der Waals surface area contributed by atoms with E-state index in [0.717, 1.165) is 50.9 Å². The van der Waals surface area contributed by atoms with Crippen LogP contribution in [0.4, 0.5) is 17.7 Å². The molecule has 8 heteroatoms. The summed E-state index contributed by atoms with van der Waals surface area (Å²) in [5.74, 6) is 2.27. The van der Waals surface area contributed by atoms with E-state index in [2.05, 4.69) is 47.2 Å². The van der Waals surface area contributed by atoms with E-state index in [4.69, 9.17) is 0 Å². The Morgan fingerprint density at radius 1 is 1.04 bits per heavy atom. The molecule has 2 aromatic rings.